The van der Waals surface area contributed by atoms with Gasteiger partial charge in [-0.05, 0) is 63.9 Å². The lowest BCUT2D eigenvalue weighted by Gasteiger charge is -2.43. The molecule has 2 aliphatic carbocycles. The summed E-state index contributed by atoms with van der Waals surface area (Å²) in [5, 5.41) is 1.54. The molecule has 0 heterocycles. The highest BCUT2D eigenvalue weighted by molar-refractivity contribution is 6.90. The van der Waals surface area contributed by atoms with Crippen LogP contribution in [0.3, 0.4) is 0 Å². The minimum atomic E-state index is -1.89. The van der Waals surface area contributed by atoms with Crippen molar-refractivity contribution in [1.29, 1.82) is 0 Å². The quantitative estimate of drug-likeness (QED) is 0.825. The molecule has 136 valence electrons. The van der Waals surface area contributed by atoms with Crippen LogP contribution in [0.4, 0.5) is 0 Å². The molecule has 3 heteroatoms. The van der Waals surface area contributed by atoms with Crippen LogP contribution in [0.1, 0.15) is 27.2 Å². The molecule has 3 rings (SSSR count). The largest absolute Gasteiger partial charge is 0.329 e. The molecule has 0 amide bonds. The lowest BCUT2D eigenvalue weighted by atomic mass is 9.89. The van der Waals surface area contributed by atoms with Crippen molar-refractivity contribution in [1.82, 2.24) is 9.88 Å². The Kier molecular flexibility index (Phi) is 5.11. The molecule has 0 saturated heterocycles. The van der Waals surface area contributed by atoms with Crippen LogP contribution in [0.5, 0.6) is 0 Å². The fourth-order valence-electron chi connectivity index (χ4n) is 5.12. The van der Waals surface area contributed by atoms with Crippen LogP contribution in [0.25, 0.3) is 0 Å². The second-order valence-corrected chi connectivity index (χ2v) is 13.2. The Morgan fingerprint density at radius 3 is 2.16 bits per heavy atom. The first-order valence-electron chi connectivity index (χ1n) is 9.59. The van der Waals surface area contributed by atoms with Crippen LogP contribution in [-0.2, 0) is 0 Å². The fourth-order valence-corrected chi connectivity index (χ4v) is 10.1. The first kappa shape index (κ1) is 18.6. The summed E-state index contributed by atoms with van der Waals surface area (Å²) in [6.45, 7) is 9.49. The summed E-state index contributed by atoms with van der Waals surface area (Å²) < 4.78 is 0. The predicted molar refractivity (Wildman–Crippen MR) is 112 cm³/mol. The Balaban J connectivity index is 2.04. The highest BCUT2D eigenvalue weighted by Gasteiger charge is 2.52. The van der Waals surface area contributed by atoms with Gasteiger partial charge in [0.05, 0.1) is 0 Å². The van der Waals surface area contributed by atoms with E-state index in [0.29, 0.717) is 23.4 Å². The molecule has 1 aromatic carbocycles. The van der Waals surface area contributed by atoms with Crippen LogP contribution >= 0.6 is 0 Å². The minimum Gasteiger partial charge on any atom is -0.329 e. The average Bonchev–Trinajstić information content (AvgIpc) is 2.94. The number of hydrogen-bond donors (Lipinski definition) is 1. The van der Waals surface area contributed by atoms with Gasteiger partial charge in [-0.1, -0.05) is 61.2 Å². The molecule has 0 radical (unpaired) electrons. The maximum Gasteiger partial charge on any atom is 0.158 e. The van der Waals surface area contributed by atoms with Gasteiger partial charge in [-0.15, -0.1) is 0 Å². The number of allylic oxidation sites excluding steroid dienone is 3. The van der Waals surface area contributed by atoms with E-state index >= 15 is 0 Å². The van der Waals surface area contributed by atoms with Gasteiger partial charge in [-0.2, -0.15) is 0 Å². The SMILES string of the molecule is CN(C)C1CC([Si](C)(NC(C)(C)C)c2ccccc2)C2C=CC=CC21. The molecule has 5 atom stereocenters. The van der Waals surface area contributed by atoms with E-state index in [1.165, 1.54) is 11.6 Å². The molecule has 1 saturated carbocycles. The Morgan fingerprint density at radius 2 is 1.60 bits per heavy atom. The number of nitrogens with zero attached hydrogens (tertiary/aromatic N) is 1. The van der Waals surface area contributed by atoms with Crippen LogP contribution in [0.15, 0.2) is 54.6 Å². The molecule has 1 aromatic rings. The summed E-state index contributed by atoms with van der Waals surface area (Å²) in [5.41, 5.74) is 0.823. The van der Waals surface area contributed by atoms with Crippen LogP contribution in [0, 0.1) is 11.8 Å². The van der Waals surface area contributed by atoms with Gasteiger partial charge in [0, 0.05) is 11.6 Å². The van der Waals surface area contributed by atoms with Gasteiger partial charge in [0.1, 0.15) is 0 Å². The number of fused-ring (bicyclic) bond motifs is 1. The van der Waals surface area contributed by atoms with Gasteiger partial charge in [0.15, 0.2) is 8.24 Å². The highest BCUT2D eigenvalue weighted by atomic mass is 28.3. The van der Waals surface area contributed by atoms with Crippen molar-refractivity contribution < 1.29 is 0 Å². The van der Waals surface area contributed by atoms with Crippen molar-refractivity contribution in [2.45, 2.75) is 50.9 Å². The first-order valence-corrected chi connectivity index (χ1v) is 12.2. The topological polar surface area (TPSA) is 15.3 Å². The van der Waals surface area contributed by atoms with Crippen molar-refractivity contribution in [2.75, 3.05) is 14.1 Å². The number of benzene rings is 1. The van der Waals surface area contributed by atoms with E-state index in [4.69, 9.17) is 0 Å². The summed E-state index contributed by atoms with van der Waals surface area (Å²) in [4.78, 5) is 6.59. The molecule has 0 bridgehead atoms. The zero-order valence-electron chi connectivity index (χ0n) is 16.7. The lowest BCUT2D eigenvalue weighted by Crippen LogP contribution is -2.67. The summed E-state index contributed by atoms with van der Waals surface area (Å²) in [6, 6.07) is 11.9. The van der Waals surface area contributed by atoms with Gasteiger partial charge in [-0.3, -0.25) is 0 Å². The van der Waals surface area contributed by atoms with E-state index in [1.54, 1.807) is 0 Å². The van der Waals surface area contributed by atoms with E-state index in [-0.39, 0.29) is 5.54 Å². The molecule has 2 nitrogen and oxygen atoms in total. The standard InChI is InChI=1S/C22H34N2Si/c1-22(2,3)23-25(6,17-12-8-7-9-13-17)21-16-20(24(4)5)18-14-10-11-15-19(18)21/h7-15,18-21,23H,16H2,1-6H3. The van der Waals surface area contributed by atoms with Crippen molar-refractivity contribution in [3.05, 3.63) is 54.6 Å². The van der Waals surface area contributed by atoms with Gasteiger partial charge in [0.2, 0.25) is 0 Å². The highest BCUT2D eigenvalue weighted by Crippen LogP contribution is 2.50. The van der Waals surface area contributed by atoms with E-state index in [0.717, 1.165) is 0 Å². The first-order chi connectivity index (χ1) is 11.7. The Labute approximate surface area is 155 Å². The van der Waals surface area contributed by atoms with Gasteiger partial charge >= 0.3 is 0 Å². The van der Waals surface area contributed by atoms with Crippen molar-refractivity contribution in [2.24, 2.45) is 11.8 Å². The smallest absolute Gasteiger partial charge is 0.158 e. The summed E-state index contributed by atoms with van der Waals surface area (Å²) in [5.74, 6) is 1.28. The Bertz CT molecular complexity index is 644. The zero-order chi connectivity index (χ0) is 18.2. The Hall–Kier alpha value is -1.16. The van der Waals surface area contributed by atoms with Crippen LogP contribution in [0.2, 0.25) is 12.1 Å². The average molecular weight is 355 g/mol. The monoisotopic (exact) mass is 354 g/mol. The summed E-state index contributed by atoms with van der Waals surface area (Å²) in [7, 11) is 2.60. The third kappa shape index (κ3) is 3.69. The summed E-state index contributed by atoms with van der Waals surface area (Å²) >= 11 is 0. The van der Waals surface area contributed by atoms with Crippen molar-refractivity contribution in [3.8, 4) is 0 Å². The predicted octanol–water partition coefficient (Wildman–Crippen LogP) is 3.92. The molecule has 2 aliphatic rings. The van der Waals surface area contributed by atoms with Gasteiger partial charge in [-0.25, -0.2) is 0 Å². The van der Waals surface area contributed by atoms with Crippen LogP contribution < -0.4 is 10.2 Å². The van der Waals surface area contributed by atoms with Gasteiger partial charge < -0.3 is 9.88 Å². The van der Waals surface area contributed by atoms with Crippen LogP contribution in [-0.4, -0.2) is 38.8 Å². The van der Waals surface area contributed by atoms with E-state index in [2.05, 4.69) is 106 Å². The second kappa shape index (κ2) is 6.86. The third-order valence-corrected chi connectivity index (χ3v) is 10.9. The second-order valence-electron chi connectivity index (χ2n) is 9.24. The number of hydrogen-bond acceptors (Lipinski definition) is 2. The van der Waals surface area contributed by atoms with E-state index in [9.17, 15) is 0 Å². The van der Waals surface area contributed by atoms with Crippen molar-refractivity contribution >= 4 is 13.4 Å². The molecule has 1 N–H and O–H groups in total. The summed E-state index contributed by atoms with van der Waals surface area (Å²) in [6.07, 6.45) is 10.7. The molecule has 1 fully saturated rings. The molecular formula is C22H34N2Si. The van der Waals surface area contributed by atoms with E-state index in [1.807, 2.05) is 0 Å². The lowest BCUT2D eigenvalue weighted by molar-refractivity contribution is 0.254. The molecule has 0 spiro atoms. The normalized spacial score (nSPS) is 31.2. The molecular weight excluding hydrogens is 320 g/mol. The fraction of sp³-hybridized carbons (Fsp3) is 0.545. The molecule has 0 aromatic heterocycles. The Morgan fingerprint density at radius 1 is 1.00 bits per heavy atom. The maximum atomic E-state index is 4.15. The molecule has 0 aliphatic heterocycles. The molecule has 25 heavy (non-hydrogen) atoms. The number of nitrogens with one attached hydrogen (secondary N) is 1. The zero-order valence-corrected chi connectivity index (χ0v) is 17.7. The van der Waals surface area contributed by atoms with Crippen molar-refractivity contribution in [3.63, 3.8) is 0 Å². The maximum absolute atomic E-state index is 4.15. The molecule has 5 unspecified atom stereocenters. The van der Waals surface area contributed by atoms with Gasteiger partial charge in [0.25, 0.3) is 0 Å². The minimum absolute atomic E-state index is 0.122. The van der Waals surface area contributed by atoms with E-state index < -0.39 is 8.24 Å². The number of rotatable bonds is 4. The third-order valence-electron chi connectivity index (χ3n) is 6.04.